The van der Waals surface area contributed by atoms with E-state index in [1.165, 1.54) is 38.8 Å². The van der Waals surface area contributed by atoms with Gasteiger partial charge in [0.1, 0.15) is 0 Å². The summed E-state index contributed by atoms with van der Waals surface area (Å²) in [6.07, 6.45) is 5.50. The molecule has 2 aliphatic rings. The normalized spacial score (nSPS) is 41.2. The Morgan fingerprint density at radius 2 is 2.00 bits per heavy atom. The van der Waals surface area contributed by atoms with E-state index < -0.39 is 0 Å². The van der Waals surface area contributed by atoms with Crippen LogP contribution in [0.3, 0.4) is 0 Å². The van der Waals surface area contributed by atoms with Crippen molar-refractivity contribution in [2.75, 3.05) is 20.1 Å². The summed E-state index contributed by atoms with van der Waals surface area (Å²) in [5.41, 5.74) is 0.548. The summed E-state index contributed by atoms with van der Waals surface area (Å²) in [4.78, 5) is 2.74. The molecule has 1 N–H and O–H groups in total. The summed E-state index contributed by atoms with van der Waals surface area (Å²) < 4.78 is 0. The molecule has 0 amide bonds. The SMILES string of the molecule is CNC1CCC(C)(C)CC1CN1CC(C)CC1C. The van der Waals surface area contributed by atoms with Gasteiger partial charge in [-0.2, -0.15) is 0 Å². The lowest BCUT2D eigenvalue weighted by Crippen LogP contribution is -2.47. The minimum Gasteiger partial charge on any atom is -0.317 e. The molecule has 0 aromatic carbocycles. The lowest BCUT2D eigenvalue weighted by Gasteiger charge is -2.42. The Balaban J connectivity index is 1.96. The highest BCUT2D eigenvalue weighted by Gasteiger charge is 2.37. The predicted molar refractivity (Wildman–Crippen MR) is 78.8 cm³/mol. The van der Waals surface area contributed by atoms with Crippen LogP contribution in [-0.4, -0.2) is 37.1 Å². The van der Waals surface area contributed by atoms with Crippen molar-refractivity contribution in [2.45, 2.75) is 65.5 Å². The van der Waals surface area contributed by atoms with Gasteiger partial charge in [0.25, 0.3) is 0 Å². The topological polar surface area (TPSA) is 15.3 Å². The number of hydrogen-bond donors (Lipinski definition) is 1. The van der Waals surface area contributed by atoms with Crippen molar-refractivity contribution in [3.63, 3.8) is 0 Å². The van der Waals surface area contributed by atoms with Crippen LogP contribution in [0.15, 0.2) is 0 Å². The second-order valence-corrected chi connectivity index (χ2v) is 7.71. The Morgan fingerprint density at radius 3 is 2.56 bits per heavy atom. The highest BCUT2D eigenvalue weighted by molar-refractivity contribution is 4.92. The Labute approximate surface area is 114 Å². The molecular weight excluding hydrogens is 220 g/mol. The zero-order chi connectivity index (χ0) is 13.3. The number of rotatable bonds is 3. The van der Waals surface area contributed by atoms with Crippen LogP contribution in [0.5, 0.6) is 0 Å². The molecule has 2 nitrogen and oxygen atoms in total. The standard InChI is InChI=1S/C16H32N2/c1-12-8-13(2)18(10-12)11-14-9-16(3,4)7-6-15(14)17-5/h12-15,17H,6-11H2,1-5H3. The predicted octanol–water partition coefficient (Wildman–Crippen LogP) is 3.13. The van der Waals surface area contributed by atoms with Crippen LogP contribution in [0.4, 0.5) is 0 Å². The van der Waals surface area contributed by atoms with E-state index >= 15 is 0 Å². The number of hydrogen-bond acceptors (Lipinski definition) is 2. The van der Waals surface area contributed by atoms with Crippen molar-refractivity contribution in [3.05, 3.63) is 0 Å². The maximum absolute atomic E-state index is 3.57. The Morgan fingerprint density at radius 1 is 1.28 bits per heavy atom. The smallest absolute Gasteiger partial charge is 0.0105 e. The van der Waals surface area contributed by atoms with Gasteiger partial charge >= 0.3 is 0 Å². The number of nitrogens with one attached hydrogen (secondary N) is 1. The van der Waals surface area contributed by atoms with Crippen molar-refractivity contribution >= 4 is 0 Å². The molecule has 1 aliphatic carbocycles. The molecule has 0 aromatic rings. The molecule has 18 heavy (non-hydrogen) atoms. The molecule has 0 spiro atoms. The Bertz CT molecular complexity index is 274. The second-order valence-electron chi connectivity index (χ2n) is 7.71. The van der Waals surface area contributed by atoms with Gasteiger partial charge in [-0.25, -0.2) is 0 Å². The molecule has 0 bridgehead atoms. The van der Waals surface area contributed by atoms with Crippen LogP contribution in [0.2, 0.25) is 0 Å². The van der Waals surface area contributed by atoms with Crippen LogP contribution < -0.4 is 5.32 Å². The summed E-state index contributed by atoms with van der Waals surface area (Å²) in [6.45, 7) is 12.3. The van der Waals surface area contributed by atoms with Gasteiger partial charge < -0.3 is 10.2 Å². The molecule has 0 radical (unpaired) electrons. The number of likely N-dealkylation sites (tertiary alicyclic amines) is 1. The Kier molecular flexibility index (Phi) is 4.38. The fourth-order valence-electron chi connectivity index (χ4n) is 4.25. The molecular formula is C16H32N2. The van der Waals surface area contributed by atoms with Gasteiger partial charge in [0.2, 0.25) is 0 Å². The maximum Gasteiger partial charge on any atom is 0.0105 e. The van der Waals surface area contributed by atoms with Crippen molar-refractivity contribution in [1.82, 2.24) is 10.2 Å². The monoisotopic (exact) mass is 252 g/mol. The molecule has 2 rings (SSSR count). The van der Waals surface area contributed by atoms with E-state index in [0.717, 1.165) is 23.9 Å². The van der Waals surface area contributed by atoms with E-state index in [4.69, 9.17) is 0 Å². The molecule has 2 fully saturated rings. The molecule has 4 unspecified atom stereocenters. The van der Waals surface area contributed by atoms with Gasteiger partial charge in [-0.15, -0.1) is 0 Å². The lowest BCUT2D eigenvalue weighted by molar-refractivity contribution is 0.0999. The molecule has 1 saturated heterocycles. The highest BCUT2D eigenvalue weighted by Crippen LogP contribution is 2.39. The molecule has 2 heteroatoms. The fourth-order valence-corrected chi connectivity index (χ4v) is 4.25. The molecule has 1 aliphatic heterocycles. The average molecular weight is 252 g/mol. The van der Waals surface area contributed by atoms with Crippen LogP contribution in [-0.2, 0) is 0 Å². The van der Waals surface area contributed by atoms with Gasteiger partial charge in [0, 0.05) is 25.2 Å². The fraction of sp³-hybridized carbons (Fsp3) is 1.00. The number of nitrogens with zero attached hydrogens (tertiary/aromatic N) is 1. The van der Waals surface area contributed by atoms with Gasteiger partial charge in [0.15, 0.2) is 0 Å². The van der Waals surface area contributed by atoms with Crippen LogP contribution >= 0.6 is 0 Å². The molecule has 106 valence electrons. The molecule has 1 saturated carbocycles. The van der Waals surface area contributed by atoms with Crippen molar-refractivity contribution in [1.29, 1.82) is 0 Å². The minimum atomic E-state index is 0.548. The van der Waals surface area contributed by atoms with Crippen LogP contribution in [0.1, 0.15) is 53.4 Å². The molecule has 1 heterocycles. The first kappa shape index (κ1) is 14.3. The largest absolute Gasteiger partial charge is 0.317 e. The quantitative estimate of drug-likeness (QED) is 0.830. The summed E-state index contributed by atoms with van der Waals surface area (Å²) in [6, 6.07) is 1.53. The van der Waals surface area contributed by atoms with Crippen molar-refractivity contribution < 1.29 is 0 Å². The van der Waals surface area contributed by atoms with Gasteiger partial charge in [-0.1, -0.05) is 20.8 Å². The first-order valence-electron chi connectivity index (χ1n) is 7.82. The molecule has 4 atom stereocenters. The van der Waals surface area contributed by atoms with Gasteiger partial charge in [0.05, 0.1) is 0 Å². The van der Waals surface area contributed by atoms with E-state index in [9.17, 15) is 0 Å². The van der Waals surface area contributed by atoms with Crippen molar-refractivity contribution in [2.24, 2.45) is 17.3 Å². The van der Waals surface area contributed by atoms with E-state index in [1.807, 2.05) is 0 Å². The maximum atomic E-state index is 3.57. The second kappa shape index (κ2) is 5.50. The highest BCUT2D eigenvalue weighted by atomic mass is 15.2. The van der Waals surface area contributed by atoms with Crippen LogP contribution in [0, 0.1) is 17.3 Å². The van der Waals surface area contributed by atoms with Crippen LogP contribution in [0.25, 0.3) is 0 Å². The van der Waals surface area contributed by atoms with Gasteiger partial charge in [-0.05, 0) is 56.9 Å². The summed E-state index contributed by atoms with van der Waals surface area (Å²) in [5.74, 6) is 1.73. The zero-order valence-corrected chi connectivity index (χ0v) is 13.0. The Hall–Kier alpha value is -0.0800. The summed E-state index contributed by atoms with van der Waals surface area (Å²) in [7, 11) is 2.14. The zero-order valence-electron chi connectivity index (χ0n) is 13.0. The van der Waals surface area contributed by atoms with Crippen molar-refractivity contribution in [3.8, 4) is 0 Å². The minimum absolute atomic E-state index is 0.548. The third-order valence-corrected chi connectivity index (χ3v) is 5.27. The first-order valence-corrected chi connectivity index (χ1v) is 7.82. The van der Waals surface area contributed by atoms with E-state index in [2.05, 4.69) is 45.0 Å². The summed E-state index contributed by atoms with van der Waals surface area (Å²) >= 11 is 0. The van der Waals surface area contributed by atoms with E-state index in [1.54, 1.807) is 0 Å². The molecule has 0 aromatic heterocycles. The third kappa shape index (κ3) is 3.27. The van der Waals surface area contributed by atoms with E-state index in [0.29, 0.717) is 5.41 Å². The lowest BCUT2D eigenvalue weighted by atomic mass is 9.69. The first-order chi connectivity index (χ1) is 8.41. The third-order valence-electron chi connectivity index (χ3n) is 5.27. The average Bonchev–Trinajstić information content (AvgIpc) is 2.57. The summed E-state index contributed by atoms with van der Waals surface area (Å²) in [5, 5.41) is 3.57. The van der Waals surface area contributed by atoms with Gasteiger partial charge in [-0.3, -0.25) is 0 Å². The van der Waals surface area contributed by atoms with E-state index in [-0.39, 0.29) is 0 Å².